The van der Waals surface area contributed by atoms with Crippen molar-refractivity contribution >= 4 is 11.6 Å². The Bertz CT molecular complexity index is 399. The van der Waals surface area contributed by atoms with Gasteiger partial charge < -0.3 is 0 Å². The number of unbranched alkanes of at least 4 members (excludes halogenated alkanes) is 2. The van der Waals surface area contributed by atoms with Crippen LogP contribution in [-0.2, 0) is 4.79 Å². The van der Waals surface area contributed by atoms with E-state index in [9.17, 15) is 14.0 Å². The molecule has 0 unspecified atom stereocenters. The molecule has 0 fully saturated rings. The van der Waals surface area contributed by atoms with E-state index in [4.69, 9.17) is 0 Å². The van der Waals surface area contributed by atoms with Gasteiger partial charge in [0.05, 0.1) is 12.0 Å². The second kappa shape index (κ2) is 6.94. The Labute approximate surface area is 101 Å². The molecule has 0 aliphatic carbocycles. The lowest BCUT2D eigenvalue weighted by Crippen LogP contribution is -2.09. The van der Waals surface area contributed by atoms with Crippen LogP contribution in [0.15, 0.2) is 24.3 Å². The number of benzene rings is 1. The minimum Gasteiger partial charge on any atom is -0.299 e. The predicted octanol–water partition coefficient (Wildman–Crippen LogP) is 3.55. The van der Waals surface area contributed by atoms with E-state index in [-0.39, 0.29) is 17.8 Å². The summed E-state index contributed by atoms with van der Waals surface area (Å²) in [6, 6.07) is 5.76. The Morgan fingerprint density at radius 3 is 2.53 bits per heavy atom. The second-order valence-electron chi connectivity index (χ2n) is 4.08. The van der Waals surface area contributed by atoms with Crippen molar-refractivity contribution in [1.82, 2.24) is 0 Å². The number of halogens is 1. The Morgan fingerprint density at radius 1 is 1.18 bits per heavy atom. The van der Waals surface area contributed by atoms with E-state index >= 15 is 0 Å². The number of hydrogen-bond acceptors (Lipinski definition) is 2. The minimum absolute atomic E-state index is 0.0105. The summed E-state index contributed by atoms with van der Waals surface area (Å²) in [6.45, 7) is 2.05. The molecule has 92 valence electrons. The fourth-order valence-corrected chi connectivity index (χ4v) is 1.62. The summed E-state index contributed by atoms with van der Waals surface area (Å²) < 4.78 is 13.3. The third-order valence-corrected chi connectivity index (χ3v) is 2.59. The molecule has 0 aliphatic heterocycles. The molecule has 0 bridgehead atoms. The highest BCUT2D eigenvalue weighted by atomic mass is 19.1. The zero-order chi connectivity index (χ0) is 12.7. The smallest absolute Gasteiger partial charge is 0.173 e. The summed E-state index contributed by atoms with van der Waals surface area (Å²) in [5, 5.41) is 0. The van der Waals surface area contributed by atoms with E-state index in [1.165, 1.54) is 18.2 Å². The average Bonchev–Trinajstić information content (AvgIpc) is 2.29. The third kappa shape index (κ3) is 4.47. The number of ketones is 2. The lowest BCUT2D eigenvalue weighted by atomic mass is 10.0. The van der Waals surface area contributed by atoms with Gasteiger partial charge in [-0.3, -0.25) is 9.59 Å². The van der Waals surface area contributed by atoms with Gasteiger partial charge in [0.2, 0.25) is 0 Å². The molecule has 3 heteroatoms. The Hall–Kier alpha value is -1.51. The van der Waals surface area contributed by atoms with Crippen molar-refractivity contribution in [2.24, 2.45) is 0 Å². The van der Waals surface area contributed by atoms with Gasteiger partial charge in [0.15, 0.2) is 5.78 Å². The molecule has 0 atom stereocenters. The summed E-state index contributed by atoms with van der Waals surface area (Å²) in [5.74, 6) is -1.09. The van der Waals surface area contributed by atoms with Crippen LogP contribution in [0.2, 0.25) is 0 Å². The van der Waals surface area contributed by atoms with Crippen molar-refractivity contribution in [2.45, 2.75) is 39.0 Å². The molecule has 0 spiro atoms. The molecule has 0 heterocycles. The van der Waals surface area contributed by atoms with Crippen molar-refractivity contribution in [3.8, 4) is 0 Å². The van der Waals surface area contributed by atoms with E-state index in [1.54, 1.807) is 6.07 Å². The number of hydrogen-bond donors (Lipinski definition) is 0. The highest BCUT2D eigenvalue weighted by molar-refractivity contribution is 6.08. The first-order valence-electron chi connectivity index (χ1n) is 5.94. The molecule has 0 saturated carbocycles. The molecule has 0 saturated heterocycles. The summed E-state index contributed by atoms with van der Waals surface area (Å²) >= 11 is 0. The van der Waals surface area contributed by atoms with Gasteiger partial charge in [-0.25, -0.2) is 4.39 Å². The zero-order valence-corrected chi connectivity index (χ0v) is 10.0. The van der Waals surface area contributed by atoms with Crippen LogP contribution in [0.3, 0.4) is 0 Å². The summed E-state index contributed by atoms with van der Waals surface area (Å²) in [4.78, 5) is 23.1. The SMILES string of the molecule is CCCCCC(=O)CC(=O)c1ccccc1F. The molecular weight excluding hydrogens is 219 g/mol. The topological polar surface area (TPSA) is 34.1 Å². The molecule has 1 aromatic carbocycles. The molecular formula is C14H17FO2. The van der Waals surface area contributed by atoms with Crippen LogP contribution >= 0.6 is 0 Å². The number of Topliss-reactive ketones (excluding diaryl/α,β-unsaturated/α-hetero) is 2. The molecule has 1 aromatic rings. The first-order valence-corrected chi connectivity index (χ1v) is 5.94. The van der Waals surface area contributed by atoms with Crippen LogP contribution in [0.4, 0.5) is 4.39 Å². The lowest BCUT2D eigenvalue weighted by Gasteiger charge is -2.02. The molecule has 2 nitrogen and oxygen atoms in total. The highest BCUT2D eigenvalue weighted by Crippen LogP contribution is 2.11. The maximum Gasteiger partial charge on any atom is 0.173 e. The van der Waals surface area contributed by atoms with Gasteiger partial charge in [0.25, 0.3) is 0 Å². The normalized spacial score (nSPS) is 10.2. The summed E-state index contributed by atoms with van der Waals surface area (Å²) in [6.07, 6.45) is 3.05. The van der Waals surface area contributed by atoms with Gasteiger partial charge in [-0.1, -0.05) is 31.9 Å². The van der Waals surface area contributed by atoms with Crippen molar-refractivity contribution in [1.29, 1.82) is 0 Å². The van der Waals surface area contributed by atoms with Crippen LogP contribution in [0.25, 0.3) is 0 Å². The van der Waals surface area contributed by atoms with Crippen molar-refractivity contribution in [3.05, 3.63) is 35.6 Å². The standard InChI is InChI=1S/C14H17FO2/c1-2-3-4-7-11(16)10-14(17)12-8-5-6-9-13(12)15/h5-6,8-9H,2-4,7,10H2,1H3. The van der Waals surface area contributed by atoms with E-state index in [1.807, 2.05) is 0 Å². The lowest BCUT2D eigenvalue weighted by molar-refractivity contribution is -0.118. The average molecular weight is 236 g/mol. The molecule has 1 rings (SSSR count). The summed E-state index contributed by atoms with van der Waals surface area (Å²) in [5.41, 5.74) is 0.0105. The quantitative estimate of drug-likeness (QED) is 0.412. The van der Waals surface area contributed by atoms with Crippen LogP contribution in [-0.4, -0.2) is 11.6 Å². The Kier molecular flexibility index (Phi) is 5.53. The van der Waals surface area contributed by atoms with Crippen molar-refractivity contribution in [3.63, 3.8) is 0 Å². The molecule has 0 amide bonds. The van der Waals surface area contributed by atoms with Crippen molar-refractivity contribution in [2.75, 3.05) is 0 Å². The fraction of sp³-hybridized carbons (Fsp3) is 0.429. The minimum atomic E-state index is -0.557. The van der Waals surface area contributed by atoms with E-state index < -0.39 is 11.6 Å². The zero-order valence-electron chi connectivity index (χ0n) is 10.0. The van der Waals surface area contributed by atoms with Crippen LogP contribution in [0.1, 0.15) is 49.4 Å². The molecule has 0 N–H and O–H groups in total. The fourth-order valence-electron chi connectivity index (χ4n) is 1.62. The van der Waals surface area contributed by atoms with E-state index in [0.29, 0.717) is 6.42 Å². The number of carbonyl (C=O) groups excluding carboxylic acids is 2. The van der Waals surface area contributed by atoms with Crippen molar-refractivity contribution < 1.29 is 14.0 Å². The monoisotopic (exact) mass is 236 g/mol. The van der Waals surface area contributed by atoms with E-state index in [0.717, 1.165) is 19.3 Å². The van der Waals surface area contributed by atoms with Crippen LogP contribution in [0.5, 0.6) is 0 Å². The molecule has 0 aliphatic rings. The maximum absolute atomic E-state index is 13.3. The third-order valence-electron chi connectivity index (χ3n) is 2.59. The maximum atomic E-state index is 13.3. The van der Waals surface area contributed by atoms with E-state index in [2.05, 4.69) is 6.92 Å². The van der Waals surface area contributed by atoms with Gasteiger partial charge in [-0.2, -0.15) is 0 Å². The van der Waals surface area contributed by atoms with Gasteiger partial charge >= 0.3 is 0 Å². The van der Waals surface area contributed by atoms with Crippen LogP contribution < -0.4 is 0 Å². The number of rotatable bonds is 7. The van der Waals surface area contributed by atoms with Gasteiger partial charge in [0, 0.05) is 6.42 Å². The summed E-state index contributed by atoms with van der Waals surface area (Å²) in [7, 11) is 0. The molecule has 0 radical (unpaired) electrons. The predicted molar refractivity (Wildman–Crippen MR) is 64.5 cm³/mol. The first kappa shape index (κ1) is 13.6. The highest BCUT2D eigenvalue weighted by Gasteiger charge is 2.14. The second-order valence-corrected chi connectivity index (χ2v) is 4.08. The molecule has 0 aromatic heterocycles. The number of carbonyl (C=O) groups is 2. The molecule has 17 heavy (non-hydrogen) atoms. The van der Waals surface area contributed by atoms with Gasteiger partial charge in [-0.15, -0.1) is 0 Å². The Balaban J connectivity index is 2.49. The van der Waals surface area contributed by atoms with Crippen LogP contribution in [0, 0.1) is 5.82 Å². The largest absolute Gasteiger partial charge is 0.299 e. The van der Waals surface area contributed by atoms with Gasteiger partial charge in [-0.05, 0) is 18.6 Å². The van der Waals surface area contributed by atoms with Gasteiger partial charge in [0.1, 0.15) is 11.6 Å². The first-order chi connectivity index (χ1) is 8.15. The Morgan fingerprint density at radius 2 is 1.88 bits per heavy atom.